The van der Waals surface area contributed by atoms with Gasteiger partial charge in [0.15, 0.2) is 5.78 Å². The van der Waals surface area contributed by atoms with Crippen molar-refractivity contribution in [3.05, 3.63) is 99.0 Å². The van der Waals surface area contributed by atoms with Crippen LogP contribution in [0, 0.1) is 0 Å². The predicted octanol–water partition coefficient (Wildman–Crippen LogP) is 6.25. The quantitative estimate of drug-likeness (QED) is 0.418. The third-order valence-corrected chi connectivity index (χ3v) is 5.34. The van der Waals surface area contributed by atoms with Crippen LogP contribution in [0.1, 0.15) is 34.0 Å². The molecule has 4 rings (SSSR count). The lowest BCUT2D eigenvalue weighted by molar-refractivity contribution is 0.103. The molecule has 0 aromatic heterocycles. The summed E-state index contributed by atoms with van der Waals surface area (Å²) in [7, 11) is 0. The van der Waals surface area contributed by atoms with Crippen molar-refractivity contribution in [3.63, 3.8) is 0 Å². The van der Waals surface area contributed by atoms with Crippen LogP contribution < -0.4 is 9.47 Å². The molecule has 3 nitrogen and oxygen atoms in total. The lowest BCUT2D eigenvalue weighted by Crippen LogP contribution is -2.02. The molecule has 0 atom stereocenters. The van der Waals surface area contributed by atoms with Gasteiger partial charge >= 0.3 is 0 Å². The van der Waals surface area contributed by atoms with Gasteiger partial charge in [-0.25, -0.2) is 0 Å². The van der Waals surface area contributed by atoms with E-state index in [1.54, 1.807) is 0 Å². The molecule has 1 aliphatic rings. The Balaban J connectivity index is 1.62. The normalized spacial score (nSPS) is 14.1. The minimum atomic E-state index is 0.0195. The largest absolute Gasteiger partial charge is 0.493 e. The number of fused-ring (bicyclic) bond motifs is 1. The molecule has 3 aromatic rings. The van der Waals surface area contributed by atoms with E-state index in [9.17, 15) is 4.79 Å². The molecule has 0 saturated carbocycles. The van der Waals surface area contributed by atoms with Crippen molar-refractivity contribution in [3.8, 4) is 11.5 Å². The van der Waals surface area contributed by atoms with E-state index in [1.165, 1.54) is 0 Å². The lowest BCUT2D eigenvalue weighted by atomic mass is 10.1. The highest BCUT2D eigenvalue weighted by Gasteiger charge is 2.28. The zero-order chi connectivity index (χ0) is 20.2. The number of ether oxygens (including phenoxy) is 2. The average Bonchev–Trinajstić information content (AvgIpc) is 3.05. The molecule has 1 aliphatic carbocycles. The second-order valence-corrected chi connectivity index (χ2v) is 7.77. The fourth-order valence-electron chi connectivity index (χ4n) is 3.51. The van der Waals surface area contributed by atoms with Crippen LogP contribution in [-0.2, 0) is 13.0 Å². The van der Waals surface area contributed by atoms with Crippen LogP contribution in [-0.4, -0.2) is 12.4 Å². The molecular formula is C25H21BrO3. The highest BCUT2D eigenvalue weighted by molar-refractivity contribution is 9.10. The van der Waals surface area contributed by atoms with Crippen molar-refractivity contribution in [2.45, 2.75) is 20.0 Å². The summed E-state index contributed by atoms with van der Waals surface area (Å²) in [6.45, 7) is 2.96. The Bertz CT molecular complexity index is 1070. The first kappa shape index (κ1) is 19.5. The molecule has 0 bridgehead atoms. The number of halogens is 1. The van der Waals surface area contributed by atoms with Crippen molar-refractivity contribution >= 4 is 27.8 Å². The van der Waals surface area contributed by atoms with E-state index in [0.29, 0.717) is 30.9 Å². The van der Waals surface area contributed by atoms with Crippen LogP contribution in [0.25, 0.3) is 6.08 Å². The molecule has 0 spiro atoms. The Kier molecular flexibility index (Phi) is 5.81. The maximum absolute atomic E-state index is 13.2. The number of carbonyl (C=O) groups is 1. The maximum Gasteiger partial charge on any atom is 0.193 e. The third-order valence-electron chi connectivity index (χ3n) is 4.85. The van der Waals surface area contributed by atoms with Gasteiger partial charge in [0.05, 0.1) is 12.2 Å². The molecule has 0 heterocycles. The number of hydrogen-bond donors (Lipinski definition) is 0. The van der Waals surface area contributed by atoms with E-state index in [-0.39, 0.29) is 5.78 Å². The zero-order valence-corrected chi connectivity index (χ0v) is 17.7. The number of benzene rings is 3. The van der Waals surface area contributed by atoms with E-state index in [4.69, 9.17) is 9.47 Å². The first-order valence-electron chi connectivity index (χ1n) is 9.62. The fraction of sp³-hybridized carbons (Fsp3) is 0.160. The number of hydrogen-bond acceptors (Lipinski definition) is 3. The maximum atomic E-state index is 13.2. The standard InChI is InChI=1S/C25H21BrO3/c1-2-28-22-12-11-21(26)15-19(22)14-20-13-18-9-6-10-23(24(18)25(20)27)29-16-17-7-4-3-5-8-17/h3-12,14-15H,2,13,16H2,1H3/b20-14+. The van der Waals surface area contributed by atoms with Gasteiger partial charge in [0.25, 0.3) is 0 Å². The van der Waals surface area contributed by atoms with Crippen LogP contribution in [0.5, 0.6) is 11.5 Å². The lowest BCUT2D eigenvalue weighted by Gasteiger charge is -2.10. The van der Waals surface area contributed by atoms with E-state index in [0.717, 1.165) is 32.5 Å². The summed E-state index contributed by atoms with van der Waals surface area (Å²) >= 11 is 3.50. The smallest absolute Gasteiger partial charge is 0.193 e. The number of allylic oxidation sites excluding steroid dienone is 1. The first-order valence-corrected chi connectivity index (χ1v) is 10.4. The summed E-state index contributed by atoms with van der Waals surface area (Å²) in [4.78, 5) is 13.2. The fourth-order valence-corrected chi connectivity index (χ4v) is 3.89. The summed E-state index contributed by atoms with van der Waals surface area (Å²) < 4.78 is 12.7. The van der Waals surface area contributed by atoms with E-state index >= 15 is 0 Å². The topological polar surface area (TPSA) is 35.5 Å². The van der Waals surface area contributed by atoms with E-state index in [2.05, 4.69) is 15.9 Å². The number of ketones is 1. The van der Waals surface area contributed by atoms with Gasteiger partial charge in [0.2, 0.25) is 0 Å². The molecule has 0 aliphatic heterocycles. The van der Waals surface area contributed by atoms with Crippen LogP contribution in [0.4, 0.5) is 0 Å². The summed E-state index contributed by atoms with van der Waals surface area (Å²) in [5, 5.41) is 0. The molecule has 3 aromatic carbocycles. The molecule has 29 heavy (non-hydrogen) atoms. The van der Waals surface area contributed by atoms with Gasteiger partial charge in [-0.2, -0.15) is 0 Å². The van der Waals surface area contributed by atoms with Gasteiger partial charge in [-0.1, -0.05) is 58.4 Å². The van der Waals surface area contributed by atoms with Crippen LogP contribution in [0.2, 0.25) is 0 Å². The van der Waals surface area contributed by atoms with Gasteiger partial charge in [-0.05, 0) is 48.4 Å². The van der Waals surface area contributed by atoms with Crippen molar-refractivity contribution < 1.29 is 14.3 Å². The Morgan fingerprint density at radius 2 is 1.79 bits per heavy atom. The number of rotatable bonds is 6. The third kappa shape index (κ3) is 4.28. The number of carbonyl (C=O) groups excluding carboxylic acids is 1. The second-order valence-electron chi connectivity index (χ2n) is 6.86. The van der Waals surface area contributed by atoms with E-state index in [1.807, 2.05) is 79.7 Å². The van der Waals surface area contributed by atoms with Crippen molar-refractivity contribution in [2.24, 2.45) is 0 Å². The molecule has 0 saturated heterocycles. The molecule has 4 heteroatoms. The average molecular weight is 449 g/mol. The predicted molar refractivity (Wildman–Crippen MR) is 119 cm³/mol. The molecular weight excluding hydrogens is 428 g/mol. The highest BCUT2D eigenvalue weighted by atomic mass is 79.9. The van der Waals surface area contributed by atoms with Gasteiger partial charge < -0.3 is 9.47 Å². The molecule has 0 amide bonds. The summed E-state index contributed by atoms with van der Waals surface area (Å²) in [5.74, 6) is 1.43. The van der Waals surface area contributed by atoms with Gasteiger partial charge in [0.1, 0.15) is 18.1 Å². The van der Waals surface area contributed by atoms with Gasteiger partial charge in [0, 0.05) is 22.0 Å². The Labute approximate surface area is 179 Å². The van der Waals surface area contributed by atoms with Crippen LogP contribution in [0.15, 0.2) is 76.8 Å². The van der Waals surface area contributed by atoms with Crippen molar-refractivity contribution in [2.75, 3.05) is 6.61 Å². The molecule has 0 fully saturated rings. The highest BCUT2D eigenvalue weighted by Crippen LogP contribution is 2.36. The summed E-state index contributed by atoms with van der Waals surface area (Å²) in [5.41, 5.74) is 4.38. The molecule has 0 N–H and O–H groups in total. The van der Waals surface area contributed by atoms with Gasteiger partial charge in [-0.15, -0.1) is 0 Å². The first-order chi connectivity index (χ1) is 14.2. The Morgan fingerprint density at radius 1 is 0.966 bits per heavy atom. The zero-order valence-electron chi connectivity index (χ0n) is 16.2. The Hall–Kier alpha value is -2.85. The molecule has 0 radical (unpaired) electrons. The van der Waals surface area contributed by atoms with Gasteiger partial charge in [-0.3, -0.25) is 4.79 Å². The van der Waals surface area contributed by atoms with Crippen LogP contribution in [0.3, 0.4) is 0 Å². The van der Waals surface area contributed by atoms with Crippen LogP contribution >= 0.6 is 15.9 Å². The minimum absolute atomic E-state index is 0.0195. The Morgan fingerprint density at radius 3 is 2.59 bits per heavy atom. The SMILES string of the molecule is CCOc1ccc(Br)cc1/C=C1\Cc2cccc(OCc3ccccc3)c2C1=O. The summed E-state index contributed by atoms with van der Waals surface area (Å²) in [6, 6.07) is 21.6. The monoisotopic (exact) mass is 448 g/mol. The van der Waals surface area contributed by atoms with Crippen molar-refractivity contribution in [1.29, 1.82) is 0 Å². The molecule has 0 unspecified atom stereocenters. The second kappa shape index (κ2) is 8.66. The van der Waals surface area contributed by atoms with Crippen molar-refractivity contribution in [1.82, 2.24) is 0 Å². The molecule has 146 valence electrons. The minimum Gasteiger partial charge on any atom is -0.493 e. The van der Waals surface area contributed by atoms with E-state index < -0.39 is 0 Å². The summed E-state index contributed by atoms with van der Waals surface area (Å²) in [6.07, 6.45) is 2.52. The number of Topliss-reactive ketones (excluding diaryl/α,β-unsaturated/α-hetero) is 1.